The van der Waals surface area contributed by atoms with E-state index in [9.17, 15) is 4.79 Å². The zero-order chi connectivity index (χ0) is 13.8. The van der Waals surface area contributed by atoms with Crippen molar-refractivity contribution in [3.63, 3.8) is 0 Å². The fourth-order valence-corrected chi connectivity index (χ4v) is 1.63. The number of carbonyl (C=O) groups is 1. The van der Waals surface area contributed by atoms with Crippen LogP contribution in [0.15, 0.2) is 24.3 Å². The van der Waals surface area contributed by atoms with Crippen LogP contribution in [0.4, 0.5) is 0 Å². The quantitative estimate of drug-likeness (QED) is 0.866. The third-order valence-electron chi connectivity index (χ3n) is 2.73. The molecule has 0 aliphatic heterocycles. The molecule has 1 aromatic carbocycles. The summed E-state index contributed by atoms with van der Waals surface area (Å²) >= 11 is 0. The molecule has 0 radical (unpaired) electrons. The molecule has 2 aromatic rings. The number of nitrogens with zero attached hydrogens (tertiary/aromatic N) is 4. The van der Waals surface area contributed by atoms with E-state index < -0.39 is 11.9 Å². The topological polar surface area (TPSA) is 90.1 Å². The number of aliphatic carboxylic acids is 1. The van der Waals surface area contributed by atoms with Gasteiger partial charge in [0.1, 0.15) is 5.75 Å². The summed E-state index contributed by atoms with van der Waals surface area (Å²) < 4.78 is 6.62. The molecule has 7 nitrogen and oxygen atoms in total. The van der Waals surface area contributed by atoms with Crippen LogP contribution < -0.4 is 4.74 Å². The monoisotopic (exact) mass is 262 g/mol. The highest BCUT2D eigenvalue weighted by molar-refractivity contribution is 5.69. The van der Waals surface area contributed by atoms with Crippen molar-refractivity contribution >= 4 is 5.97 Å². The van der Waals surface area contributed by atoms with Gasteiger partial charge >= 0.3 is 5.97 Å². The fourth-order valence-electron chi connectivity index (χ4n) is 1.63. The van der Waals surface area contributed by atoms with E-state index >= 15 is 0 Å². The summed E-state index contributed by atoms with van der Waals surface area (Å²) in [5, 5.41) is 20.3. The van der Waals surface area contributed by atoms with Gasteiger partial charge < -0.3 is 9.84 Å². The van der Waals surface area contributed by atoms with E-state index in [0.29, 0.717) is 11.6 Å². The zero-order valence-corrected chi connectivity index (χ0v) is 10.6. The summed E-state index contributed by atoms with van der Waals surface area (Å²) in [6, 6.07) is 7.29. The lowest BCUT2D eigenvalue weighted by Gasteiger charge is -2.08. The predicted molar refractivity (Wildman–Crippen MR) is 66.6 cm³/mol. The van der Waals surface area contributed by atoms with Crippen LogP contribution in [0.3, 0.4) is 0 Å². The Morgan fingerprint density at radius 3 is 3.00 bits per heavy atom. The van der Waals surface area contributed by atoms with Crippen molar-refractivity contribution in [3.05, 3.63) is 24.3 Å². The number of carboxylic acids is 1. The largest absolute Gasteiger partial charge is 0.497 e. The highest BCUT2D eigenvalue weighted by atomic mass is 16.5. The van der Waals surface area contributed by atoms with Crippen molar-refractivity contribution in [1.29, 1.82) is 0 Å². The van der Waals surface area contributed by atoms with Crippen LogP contribution in [-0.2, 0) is 11.3 Å². The Balaban J connectivity index is 2.30. The molecule has 0 spiro atoms. The Bertz CT molecular complexity index is 582. The number of rotatable bonds is 5. The molecule has 0 aliphatic rings. The molecular weight excluding hydrogens is 248 g/mol. The average Bonchev–Trinajstić information content (AvgIpc) is 2.86. The molecule has 0 amide bonds. The Morgan fingerprint density at radius 2 is 2.32 bits per heavy atom. The molecule has 0 bridgehead atoms. The molecule has 0 saturated carbocycles. The van der Waals surface area contributed by atoms with Crippen molar-refractivity contribution in [1.82, 2.24) is 20.2 Å². The van der Waals surface area contributed by atoms with Gasteiger partial charge in [-0.2, -0.15) is 0 Å². The van der Waals surface area contributed by atoms with E-state index in [1.165, 1.54) is 4.68 Å². The van der Waals surface area contributed by atoms with Gasteiger partial charge in [0, 0.05) is 5.56 Å². The van der Waals surface area contributed by atoms with Crippen molar-refractivity contribution in [2.75, 3.05) is 7.11 Å². The lowest BCUT2D eigenvalue weighted by molar-refractivity contribution is -0.141. The van der Waals surface area contributed by atoms with Gasteiger partial charge in [-0.15, -0.1) is 5.10 Å². The lowest BCUT2D eigenvalue weighted by atomic mass is 10.1. The molecule has 1 unspecified atom stereocenters. The molecule has 1 atom stereocenters. The van der Waals surface area contributed by atoms with Crippen LogP contribution in [0, 0.1) is 5.92 Å². The van der Waals surface area contributed by atoms with Crippen molar-refractivity contribution in [2.45, 2.75) is 13.5 Å². The number of hydrogen-bond donors (Lipinski definition) is 1. The van der Waals surface area contributed by atoms with Crippen LogP contribution >= 0.6 is 0 Å². The number of carboxylic acid groups (broad SMARTS) is 1. The molecule has 0 fully saturated rings. The minimum atomic E-state index is -0.882. The minimum absolute atomic E-state index is 0.217. The van der Waals surface area contributed by atoms with Gasteiger partial charge in [0.15, 0.2) is 5.82 Å². The van der Waals surface area contributed by atoms with Gasteiger partial charge in [0.25, 0.3) is 0 Å². The number of methoxy groups -OCH3 is 1. The second-order valence-electron chi connectivity index (χ2n) is 4.16. The van der Waals surface area contributed by atoms with Gasteiger partial charge in [-0.05, 0) is 22.6 Å². The van der Waals surface area contributed by atoms with Gasteiger partial charge in [-0.25, -0.2) is 4.68 Å². The first kappa shape index (κ1) is 13.0. The van der Waals surface area contributed by atoms with Gasteiger partial charge in [-0.3, -0.25) is 4.79 Å². The molecule has 7 heteroatoms. The first-order chi connectivity index (χ1) is 9.11. The van der Waals surface area contributed by atoms with Crippen molar-refractivity contribution in [2.24, 2.45) is 5.92 Å². The number of aromatic nitrogens is 4. The summed E-state index contributed by atoms with van der Waals surface area (Å²) in [5.41, 5.74) is 0.780. The SMILES string of the molecule is COc1cccc(-c2nnnn2CC(C)C(=O)O)c1. The van der Waals surface area contributed by atoms with Crippen LogP contribution in [0.1, 0.15) is 6.92 Å². The van der Waals surface area contributed by atoms with E-state index in [-0.39, 0.29) is 6.54 Å². The summed E-state index contributed by atoms with van der Waals surface area (Å²) in [7, 11) is 1.58. The first-order valence-corrected chi connectivity index (χ1v) is 5.75. The van der Waals surface area contributed by atoms with Gasteiger partial charge in [0.05, 0.1) is 19.6 Å². The van der Waals surface area contributed by atoms with E-state index in [1.54, 1.807) is 20.1 Å². The third-order valence-corrected chi connectivity index (χ3v) is 2.73. The molecule has 0 aliphatic carbocycles. The number of tetrazole rings is 1. The third kappa shape index (κ3) is 2.87. The fraction of sp³-hybridized carbons (Fsp3) is 0.333. The number of hydrogen-bond acceptors (Lipinski definition) is 5. The van der Waals surface area contributed by atoms with Crippen molar-refractivity contribution < 1.29 is 14.6 Å². The van der Waals surface area contributed by atoms with Crippen LogP contribution in [0.5, 0.6) is 5.75 Å². The maximum atomic E-state index is 10.9. The number of benzene rings is 1. The molecule has 19 heavy (non-hydrogen) atoms. The Kier molecular flexibility index (Phi) is 3.74. The predicted octanol–water partition coefficient (Wildman–Crippen LogP) is 1.07. The Hall–Kier alpha value is -2.44. The second kappa shape index (κ2) is 5.47. The molecule has 100 valence electrons. The summed E-state index contributed by atoms with van der Waals surface area (Å²) in [5.74, 6) is -0.231. The first-order valence-electron chi connectivity index (χ1n) is 5.75. The smallest absolute Gasteiger partial charge is 0.308 e. The lowest BCUT2D eigenvalue weighted by Crippen LogP contribution is -2.18. The van der Waals surface area contributed by atoms with Gasteiger partial charge in [0.2, 0.25) is 0 Å². The molecule has 1 aromatic heterocycles. The Labute approximate surface area is 109 Å². The second-order valence-corrected chi connectivity index (χ2v) is 4.16. The highest BCUT2D eigenvalue weighted by Gasteiger charge is 2.16. The summed E-state index contributed by atoms with van der Waals surface area (Å²) in [6.07, 6.45) is 0. The zero-order valence-electron chi connectivity index (χ0n) is 10.6. The standard InChI is InChI=1S/C12H14N4O3/c1-8(12(17)18)7-16-11(13-14-15-16)9-4-3-5-10(6-9)19-2/h3-6,8H,7H2,1-2H3,(H,17,18). The van der Waals surface area contributed by atoms with Crippen LogP contribution in [-0.4, -0.2) is 38.4 Å². The van der Waals surface area contributed by atoms with E-state index in [0.717, 1.165) is 5.56 Å². The van der Waals surface area contributed by atoms with Crippen LogP contribution in [0.25, 0.3) is 11.4 Å². The Morgan fingerprint density at radius 1 is 1.53 bits per heavy atom. The maximum absolute atomic E-state index is 10.9. The molecule has 1 N–H and O–H groups in total. The summed E-state index contributed by atoms with van der Waals surface area (Å²) in [6.45, 7) is 1.83. The van der Waals surface area contributed by atoms with E-state index in [4.69, 9.17) is 9.84 Å². The van der Waals surface area contributed by atoms with E-state index in [2.05, 4.69) is 15.5 Å². The van der Waals surface area contributed by atoms with Crippen LogP contribution in [0.2, 0.25) is 0 Å². The summed E-state index contributed by atoms with van der Waals surface area (Å²) in [4.78, 5) is 10.9. The maximum Gasteiger partial charge on any atom is 0.308 e. The number of ether oxygens (including phenoxy) is 1. The molecular formula is C12H14N4O3. The van der Waals surface area contributed by atoms with Crippen molar-refractivity contribution in [3.8, 4) is 17.1 Å². The highest BCUT2D eigenvalue weighted by Crippen LogP contribution is 2.21. The molecule has 0 saturated heterocycles. The van der Waals surface area contributed by atoms with E-state index in [1.807, 2.05) is 18.2 Å². The minimum Gasteiger partial charge on any atom is -0.497 e. The normalized spacial score (nSPS) is 12.1. The molecule has 1 heterocycles. The molecule has 2 rings (SSSR count). The van der Waals surface area contributed by atoms with Gasteiger partial charge in [-0.1, -0.05) is 19.1 Å². The average molecular weight is 262 g/mol.